The molecule has 0 spiro atoms. The van der Waals surface area contributed by atoms with E-state index in [1.54, 1.807) is 18.3 Å². The molecule has 0 saturated heterocycles. The van der Waals surface area contributed by atoms with Gasteiger partial charge in [0.1, 0.15) is 5.54 Å². The number of rotatable bonds is 4. The molecule has 80 valence electrons. The molecule has 0 aromatic carbocycles. The Hall–Kier alpha value is -1.78. The smallest absolute Gasteiger partial charge is 0.329 e. The summed E-state index contributed by atoms with van der Waals surface area (Å²) in [5.41, 5.74) is -0.0476. The molecular weight excluding hydrogens is 196 g/mol. The van der Waals surface area contributed by atoms with Crippen LogP contribution in [-0.2, 0) is 4.79 Å². The van der Waals surface area contributed by atoms with Gasteiger partial charge in [-0.3, -0.25) is 0 Å². The largest absolute Gasteiger partial charge is 0.481 e. The molecule has 0 aliphatic heterocycles. The van der Waals surface area contributed by atoms with E-state index in [9.17, 15) is 4.79 Å². The molecular formula is C10H12N2O3. The first-order valence-electron chi connectivity index (χ1n) is 4.68. The zero-order chi connectivity index (χ0) is 10.9. The van der Waals surface area contributed by atoms with E-state index in [2.05, 4.69) is 10.3 Å². The molecule has 0 atom stereocenters. The number of nitrogens with one attached hydrogen (secondary N) is 1. The van der Waals surface area contributed by atoms with Crippen molar-refractivity contribution in [3.05, 3.63) is 18.3 Å². The second-order valence-electron chi connectivity index (χ2n) is 3.60. The van der Waals surface area contributed by atoms with Gasteiger partial charge in [0, 0.05) is 18.0 Å². The van der Waals surface area contributed by atoms with Crippen LogP contribution >= 0.6 is 0 Å². The average molecular weight is 208 g/mol. The first-order chi connectivity index (χ1) is 7.16. The fourth-order valence-corrected chi connectivity index (χ4v) is 1.39. The Balaban J connectivity index is 2.14. The number of pyridine rings is 1. The molecule has 1 heterocycles. The summed E-state index contributed by atoms with van der Waals surface area (Å²) in [4.78, 5) is 14.9. The minimum absolute atomic E-state index is 0.473. The number of anilines is 1. The second kappa shape index (κ2) is 3.42. The van der Waals surface area contributed by atoms with Gasteiger partial charge in [-0.1, -0.05) is 0 Å². The van der Waals surface area contributed by atoms with Crippen LogP contribution in [-0.4, -0.2) is 28.7 Å². The van der Waals surface area contributed by atoms with E-state index < -0.39 is 11.5 Å². The van der Waals surface area contributed by atoms with Crippen LogP contribution in [0.15, 0.2) is 18.3 Å². The molecule has 2 N–H and O–H groups in total. The molecule has 1 aliphatic carbocycles. The Morgan fingerprint density at radius 1 is 1.67 bits per heavy atom. The molecule has 0 radical (unpaired) electrons. The van der Waals surface area contributed by atoms with Gasteiger partial charge in [0.15, 0.2) is 0 Å². The Morgan fingerprint density at radius 2 is 2.40 bits per heavy atom. The molecule has 1 aromatic heterocycles. The minimum atomic E-state index is -0.807. The minimum Gasteiger partial charge on any atom is -0.481 e. The Labute approximate surface area is 87.1 Å². The zero-order valence-electron chi connectivity index (χ0n) is 8.36. The molecule has 5 heteroatoms. The van der Waals surface area contributed by atoms with Gasteiger partial charge in [0.05, 0.1) is 7.11 Å². The van der Waals surface area contributed by atoms with Crippen molar-refractivity contribution in [2.24, 2.45) is 0 Å². The van der Waals surface area contributed by atoms with Crippen molar-refractivity contribution in [1.29, 1.82) is 0 Å². The Kier molecular flexibility index (Phi) is 2.22. The predicted octanol–water partition coefficient (Wildman–Crippen LogP) is 1.12. The van der Waals surface area contributed by atoms with Crippen LogP contribution in [0.1, 0.15) is 12.8 Å². The topological polar surface area (TPSA) is 71.5 Å². The zero-order valence-corrected chi connectivity index (χ0v) is 8.36. The summed E-state index contributed by atoms with van der Waals surface area (Å²) in [7, 11) is 1.52. The predicted molar refractivity (Wildman–Crippen MR) is 54.0 cm³/mol. The van der Waals surface area contributed by atoms with Gasteiger partial charge >= 0.3 is 5.97 Å². The van der Waals surface area contributed by atoms with Crippen LogP contribution in [0.4, 0.5) is 5.69 Å². The lowest BCUT2D eigenvalue weighted by atomic mass is 10.2. The Bertz CT molecular complexity index is 388. The van der Waals surface area contributed by atoms with E-state index in [-0.39, 0.29) is 0 Å². The van der Waals surface area contributed by atoms with Crippen molar-refractivity contribution >= 4 is 11.7 Å². The van der Waals surface area contributed by atoms with Gasteiger partial charge in [-0.25, -0.2) is 9.78 Å². The van der Waals surface area contributed by atoms with Crippen molar-refractivity contribution in [1.82, 2.24) is 4.98 Å². The van der Waals surface area contributed by atoms with E-state index >= 15 is 0 Å². The van der Waals surface area contributed by atoms with Crippen LogP contribution in [0.5, 0.6) is 5.88 Å². The molecule has 1 aromatic rings. The number of methoxy groups -OCH3 is 1. The fourth-order valence-electron chi connectivity index (χ4n) is 1.39. The van der Waals surface area contributed by atoms with Gasteiger partial charge in [0.2, 0.25) is 5.88 Å². The van der Waals surface area contributed by atoms with Gasteiger partial charge in [-0.05, 0) is 18.9 Å². The number of aliphatic carboxylic acids is 1. The number of carbonyl (C=O) groups is 1. The number of aromatic nitrogens is 1. The number of hydrogen-bond acceptors (Lipinski definition) is 4. The van der Waals surface area contributed by atoms with E-state index in [0.717, 1.165) is 5.69 Å². The van der Waals surface area contributed by atoms with Crippen molar-refractivity contribution in [3.63, 3.8) is 0 Å². The number of ether oxygens (including phenoxy) is 1. The SMILES string of the molecule is COc1cc(NC2(C(=O)O)CC2)ccn1. The van der Waals surface area contributed by atoms with Crippen LogP contribution in [0.3, 0.4) is 0 Å². The summed E-state index contributed by atoms with van der Waals surface area (Å²) < 4.78 is 4.95. The monoisotopic (exact) mass is 208 g/mol. The number of nitrogens with zero attached hydrogens (tertiary/aromatic N) is 1. The summed E-state index contributed by atoms with van der Waals surface area (Å²) in [5.74, 6) is -0.334. The first-order valence-corrected chi connectivity index (χ1v) is 4.68. The summed E-state index contributed by atoms with van der Waals surface area (Å²) in [5, 5.41) is 12.0. The highest BCUT2D eigenvalue weighted by atomic mass is 16.5. The lowest BCUT2D eigenvalue weighted by molar-refractivity contribution is -0.138. The van der Waals surface area contributed by atoms with Crippen molar-refractivity contribution in [2.75, 3.05) is 12.4 Å². The van der Waals surface area contributed by atoms with Crippen molar-refractivity contribution < 1.29 is 14.6 Å². The van der Waals surface area contributed by atoms with Gasteiger partial charge in [0.25, 0.3) is 0 Å². The maximum Gasteiger partial charge on any atom is 0.329 e. The fraction of sp³-hybridized carbons (Fsp3) is 0.400. The van der Waals surface area contributed by atoms with E-state index in [1.807, 2.05) is 0 Å². The van der Waals surface area contributed by atoms with Crippen LogP contribution in [0.25, 0.3) is 0 Å². The number of carboxylic acid groups (broad SMARTS) is 1. The lowest BCUT2D eigenvalue weighted by Crippen LogP contribution is -2.31. The standard InChI is InChI=1S/C10H12N2O3/c1-15-8-6-7(2-5-11-8)12-10(3-4-10)9(13)14/h2,5-6H,3-4H2,1H3,(H,11,12)(H,13,14). The number of carboxylic acids is 1. The highest BCUT2D eigenvalue weighted by Crippen LogP contribution is 2.39. The first kappa shape index (κ1) is 9.76. The molecule has 0 unspecified atom stereocenters. The lowest BCUT2D eigenvalue weighted by Gasteiger charge is -2.13. The normalized spacial score (nSPS) is 16.9. The quantitative estimate of drug-likeness (QED) is 0.775. The molecule has 1 saturated carbocycles. The summed E-state index contributed by atoms with van der Waals surface area (Å²) in [6, 6.07) is 3.41. The summed E-state index contributed by atoms with van der Waals surface area (Å²) in [6.45, 7) is 0. The van der Waals surface area contributed by atoms with Crippen LogP contribution in [0, 0.1) is 0 Å². The highest BCUT2D eigenvalue weighted by Gasteiger charge is 2.50. The van der Waals surface area contributed by atoms with E-state index in [0.29, 0.717) is 18.7 Å². The van der Waals surface area contributed by atoms with E-state index in [4.69, 9.17) is 9.84 Å². The molecule has 15 heavy (non-hydrogen) atoms. The van der Waals surface area contributed by atoms with Gasteiger partial charge in [-0.2, -0.15) is 0 Å². The second-order valence-corrected chi connectivity index (χ2v) is 3.60. The molecule has 1 fully saturated rings. The third kappa shape index (κ3) is 1.86. The van der Waals surface area contributed by atoms with Crippen molar-refractivity contribution in [3.8, 4) is 5.88 Å². The Morgan fingerprint density at radius 3 is 2.93 bits per heavy atom. The molecule has 5 nitrogen and oxygen atoms in total. The van der Waals surface area contributed by atoms with Crippen LogP contribution in [0.2, 0.25) is 0 Å². The summed E-state index contributed by atoms with van der Waals surface area (Å²) in [6.07, 6.45) is 2.90. The maximum absolute atomic E-state index is 10.9. The third-order valence-electron chi connectivity index (χ3n) is 2.49. The van der Waals surface area contributed by atoms with Gasteiger partial charge in [-0.15, -0.1) is 0 Å². The average Bonchev–Trinajstić information content (AvgIpc) is 2.99. The molecule has 0 amide bonds. The molecule has 0 bridgehead atoms. The van der Waals surface area contributed by atoms with Gasteiger partial charge < -0.3 is 15.2 Å². The number of hydrogen-bond donors (Lipinski definition) is 2. The molecule has 1 aliphatic rings. The third-order valence-corrected chi connectivity index (χ3v) is 2.49. The maximum atomic E-state index is 10.9. The van der Waals surface area contributed by atoms with Crippen LogP contribution < -0.4 is 10.1 Å². The highest BCUT2D eigenvalue weighted by molar-refractivity contribution is 5.86. The summed E-state index contributed by atoms with van der Waals surface area (Å²) >= 11 is 0. The van der Waals surface area contributed by atoms with E-state index in [1.165, 1.54) is 7.11 Å². The molecule has 2 rings (SSSR count). The van der Waals surface area contributed by atoms with Crippen molar-refractivity contribution in [2.45, 2.75) is 18.4 Å².